The first-order valence-electron chi connectivity index (χ1n) is 11.0. The standard InChI is InChI=1S/C24H40N2O3/c1-5-7-8-12-21-29-24(27)26(4)22-14-16-23(17-15-22)28-20-13-10-9-11-19-25(3)18-6-2/h6,14-17H,2,5,7-13,18-21H2,1,3-4H3. The van der Waals surface area contributed by atoms with Crippen molar-refractivity contribution < 1.29 is 14.3 Å². The van der Waals surface area contributed by atoms with Gasteiger partial charge in [0, 0.05) is 19.3 Å². The quantitative estimate of drug-likeness (QED) is 0.254. The van der Waals surface area contributed by atoms with E-state index in [9.17, 15) is 4.79 Å². The fourth-order valence-corrected chi connectivity index (χ4v) is 3.00. The zero-order valence-electron chi connectivity index (χ0n) is 18.7. The molecular weight excluding hydrogens is 364 g/mol. The van der Waals surface area contributed by atoms with Crippen molar-refractivity contribution in [3.05, 3.63) is 36.9 Å². The van der Waals surface area contributed by atoms with Gasteiger partial charge in [-0.05, 0) is 57.1 Å². The minimum atomic E-state index is -0.311. The van der Waals surface area contributed by atoms with Crippen LogP contribution in [0.5, 0.6) is 5.75 Å². The Bertz CT molecular complexity index is 560. The van der Waals surface area contributed by atoms with E-state index >= 15 is 0 Å². The minimum absolute atomic E-state index is 0.311. The zero-order chi connectivity index (χ0) is 21.3. The van der Waals surface area contributed by atoms with Crippen LogP contribution in [0.1, 0.15) is 58.3 Å². The fourth-order valence-electron chi connectivity index (χ4n) is 3.00. The predicted octanol–water partition coefficient (Wildman–Crippen LogP) is 5.90. The molecule has 164 valence electrons. The third-order valence-corrected chi connectivity index (χ3v) is 4.86. The highest BCUT2D eigenvalue weighted by atomic mass is 16.6. The molecule has 1 aromatic carbocycles. The Labute approximate surface area is 177 Å². The minimum Gasteiger partial charge on any atom is -0.494 e. The van der Waals surface area contributed by atoms with Gasteiger partial charge in [0.1, 0.15) is 5.75 Å². The van der Waals surface area contributed by atoms with Gasteiger partial charge in [-0.25, -0.2) is 4.79 Å². The zero-order valence-corrected chi connectivity index (χ0v) is 18.7. The van der Waals surface area contributed by atoms with Gasteiger partial charge in [-0.2, -0.15) is 0 Å². The number of likely N-dealkylation sites (N-methyl/N-ethyl adjacent to an activating group) is 1. The van der Waals surface area contributed by atoms with Gasteiger partial charge in [-0.3, -0.25) is 4.90 Å². The molecule has 0 radical (unpaired) electrons. The Morgan fingerprint density at radius 3 is 2.31 bits per heavy atom. The van der Waals surface area contributed by atoms with Crippen LogP contribution in [0.4, 0.5) is 10.5 Å². The number of hydrogen-bond donors (Lipinski definition) is 0. The first kappa shape index (κ1) is 25.0. The number of carbonyl (C=O) groups is 1. The number of rotatable bonds is 16. The predicted molar refractivity (Wildman–Crippen MR) is 122 cm³/mol. The first-order chi connectivity index (χ1) is 14.1. The molecule has 1 amide bonds. The molecule has 0 aliphatic heterocycles. The molecule has 5 heteroatoms. The Balaban J connectivity index is 2.19. The van der Waals surface area contributed by atoms with E-state index < -0.39 is 0 Å². The van der Waals surface area contributed by atoms with Crippen LogP contribution >= 0.6 is 0 Å². The summed E-state index contributed by atoms with van der Waals surface area (Å²) in [7, 11) is 3.86. The summed E-state index contributed by atoms with van der Waals surface area (Å²) in [5.74, 6) is 0.834. The number of anilines is 1. The van der Waals surface area contributed by atoms with Gasteiger partial charge in [0.05, 0.1) is 13.2 Å². The molecule has 5 nitrogen and oxygen atoms in total. The Kier molecular flexibility index (Phi) is 13.7. The van der Waals surface area contributed by atoms with Crippen molar-refractivity contribution in [2.45, 2.75) is 58.3 Å². The van der Waals surface area contributed by atoms with Gasteiger partial charge in [0.15, 0.2) is 0 Å². The Hall–Kier alpha value is -2.01. The van der Waals surface area contributed by atoms with Crippen LogP contribution < -0.4 is 9.64 Å². The normalized spacial score (nSPS) is 10.8. The van der Waals surface area contributed by atoms with E-state index in [-0.39, 0.29) is 6.09 Å². The topological polar surface area (TPSA) is 42.0 Å². The Morgan fingerprint density at radius 1 is 0.966 bits per heavy atom. The first-order valence-corrected chi connectivity index (χ1v) is 11.0. The summed E-state index contributed by atoms with van der Waals surface area (Å²) in [5.41, 5.74) is 0.805. The largest absolute Gasteiger partial charge is 0.494 e. The molecule has 1 aromatic rings. The third kappa shape index (κ3) is 11.5. The van der Waals surface area contributed by atoms with E-state index in [0.717, 1.165) is 50.4 Å². The number of amides is 1. The van der Waals surface area contributed by atoms with Gasteiger partial charge in [-0.1, -0.05) is 45.1 Å². The lowest BCUT2D eigenvalue weighted by Crippen LogP contribution is -2.27. The van der Waals surface area contributed by atoms with E-state index in [1.807, 2.05) is 30.3 Å². The van der Waals surface area contributed by atoms with E-state index in [4.69, 9.17) is 9.47 Å². The summed E-state index contributed by atoms with van der Waals surface area (Å²) in [4.78, 5) is 15.9. The molecule has 1 rings (SSSR count). The summed E-state index contributed by atoms with van der Waals surface area (Å²) >= 11 is 0. The second-order valence-electron chi connectivity index (χ2n) is 7.54. The maximum atomic E-state index is 12.1. The average molecular weight is 405 g/mol. The summed E-state index contributed by atoms with van der Waals surface area (Å²) in [6.07, 6.45) is 10.7. The lowest BCUT2D eigenvalue weighted by Gasteiger charge is -2.17. The van der Waals surface area contributed by atoms with Crippen LogP contribution in [-0.4, -0.2) is 51.4 Å². The van der Waals surface area contributed by atoms with Crippen molar-refractivity contribution in [1.82, 2.24) is 4.90 Å². The van der Waals surface area contributed by atoms with Crippen molar-refractivity contribution in [2.24, 2.45) is 0 Å². The van der Waals surface area contributed by atoms with Crippen molar-refractivity contribution in [2.75, 3.05) is 45.3 Å². The maximum absolute atomic E-state index is 12.1. The van der Waals surface area contributed by atoms with Crippen molar-refractivity contribution in [1.29, 1.82) is 0 Å². The average Bonchev–Trinajstić information content (AvgIpc) is 2.73. The van der Waals surface area contributed by atoms with Crippen LogP contribution in [0.2, 0.25) is 0 Å². The molecule has 0 unspecified atom stereocenters. The number of carbonyl (C=O) groups excluding carboxylic acids is 1. The highest BCUT2D eigenvalue weighted by Gasteiger charge is 2.12. The number of ether oxygens (including phenoxy) is 2. The maximum Gasteiger partial charge on any atom is 0.414 e. The molecule has 0 fully saturated rings. The lowest BCUT2D eigenvalue weighted by molar-refractivity contribution is 0.152. The summed E-state index contributed by atoms with van der Waals surface area (Å²) < 4.78 is 11.1. The van der Waals surface area contributed by atoms with E-state index in [1.165, 1.54) is 37.0 Å². The summed E-state index contributed by atoms with van der Waals surface area (Å²) in [6.45, 7) is 9.19. The van der Waals surface area contributed by atoms with Crippen molar-refractivity contribution >= 4 is 11.8 Å². The van der Waals surface area contributed by atoms with Gasteiger partial charge in [0.25, 0.3) is 0 Å². The highest BCUT2D eigenvalue weighted by Crippen LogP contribution is 2.19. The number of nitrogens with zero attached hydrogens (tertiary/aromatic N) is 2. The molecular formula is C24H40N2O3. The van der Waals surface area contributed by atoms with Gasteiger partial charge in [-0.15, -0.1) is 6.58 Å². The molecule has 0 aromatic heterocycles. The van der Waals surface area contributed by atoms with E-state index in [1.54, 1.807) is 7.05 Å². The van der Waals surface area contributed by atoms with Gasteiger partial charge >= 0.3 is 6.09 Å². The molecule has 0 bridgehead atoms. The van der Waals surface area contributed by atoms with Crippen molar-refractivity contribution in [3.63, 3.8) is 0 Å². The van der Waals surface area contributed by atoms with E-state index in [0.29, 0.717) is 6.61 Å². The molecule has 0 N–H and O–H groups in total. The molecule has 0 heterocycles. The second-order valence-corrected chi connectivity index (χ2v) is 7.54. The van der Waals surface area contributed by atoms with Crippen LogP contribution in [0, 0.1) is 0 Å². The number of unbranched alkanes of at least 4 members (excludes halogenated alkanes) is 6. The molecule has 0 atom stereocenters. The van der Waals surface area contributed by atoms with Crippen LogP contribution in [0.15, 0.2) is 36.9 Å². The Morgan fingerprint density at radius 2 is 1.62 bits per heavy atom. The summed E-state index contributed by atoms with van der Waals surface area (Å²) in [6, 6.07) is 7.60. The molecule has 0 aliphatic rings. The fraction of sp³-hybridized carbons (Fsp3) is 0.625. The van der Waals surface area contributed by atoms with Gasteiger partial charge < -0.3 is 14.4 Å². The third-order valence-electron chi connectivity index (χ3n) is 4.86. The SMILES string of the molecule is C=CCN(C)CCCCCCOc1ccc(N(C)C(=O)OCCCCCC)cc1. The van der Waals surface area contributed by atoms with Crippen LogP contribution in [0.25, 0.3) is 0 Å². The molecule has 0 spiro atoms. The smallest absolute Gasteiger partial charge is 0.414 e. The van der Waals surface area contributed by atoms with Crippen molar-refractivity contribution in [3.8, 4) is 5.75 Å². The monoisotopic (exact) mass is 404 g/mol. The molecule has 0 saturated heterocycles. The van der Waals surface area contributed by atoms with E-state index in [2.05, 4.69) is 25.5 Å². The lowest BCUT2D eigenvalue weighted by atomic mass is 10.2. The van der Waals surface area contributed by atoms with Crippen LogP contribution in [-0.2, 0) is 4.74 Å². The molecule has 0 saturated carbocycles. The molecule has 0 aliphatic carbocycles. The van der Waals surface area contributed by atoms with Crippen LogP contribution in [0.3, 0.4) is 0 Å². The second kappa shape index (κ2) is 15.9. The number of benzene rings is 1. The number of hydrogen-bond acceptors (Lipinski definition) is 4. The summed E-state index contributed by atoms with van der Waals surface area (Å²) in [5, 5.41) is 0. The molecule has 29 heavy (non-hydrogen) atoms. The van der Waals surface area contributed by atoms with Gasteiger partial charge in [0.2, 0.25) is 0 Å². The highest BCUT2D eigenvalue weighted by molar-refractivity contribution is 5.86.